The van der Waals surface area contributed by atoms with Crippen LogP contribution in [0.25, 0.3) is 0 Å². The summed E-state index contributed by atoms with van der Waals surface area (Å²) in [6.45, 7) is -1.01. The molecule has 1 aliphatic rings. The first-order chi connectivity index (χ1) is 9.31. The molecule has 6 heteroatoms. The second-order valence-corrected chi connectivity index (χ2v) is 5.15. The zero-order valence-electron chi connectivity index (χ0n) is 11.4. The van der Waals surface area contributed by atoms with Gasteiger partial charge in [-0.15, -0.1) is 0 Å². The first-order valence-corrected chi connectivity index (χ1v) is 6.43. The fourth-order valence-electron chi connectivity index (χ4n) is 2.74. The van der Waals surface area contributed by atoms with Gasteiger partial charge in [-0.3, -0.25) is 4.90 Å². The van der Waals surface area contributed by atoms with E-state index in [4.69, 9.17) is 4.74 Å². The van der Waals surface area contributed by atoms with Crippen LogP contribution in [0, 0.1) is 0 Å². The highest BCUT2D eigenvalue weighted by Crippen LogP contribution is 2.35. The molecule has 0 bridgehead atoms. The van der Waals surface area contributed by atoms with Gasteiger partial charge in [-0.2, -0.15) is 13.2 Å². The van der Waals surface area contributed by atoms with Gasteiger partial charge in [0, 0.05) is 6.04 Å². The summed E-state index contributed by atoms with van der Waals surface area (Å²) in [5, 5.41) is 10.3. The topological polar surface area (TPSA) is 32.7 Å². The summed E-state index contributed by atoms with van der Waals surface area (Å²) in [6.07, 6.45) is -4.03. The van der Waals surface area contributed by atoms with Gasteiger partial charge in [-0.05, 0) is 43.1 Å². The smallest absolute Gasteiger partial charge is 0.401 e. The molecule has 0 saturated carbocycles. The lowest BCUT2D eigenvalue weighted by atomic mass is 9.85. The summed E-state index contributed by atoms with van der Waals surface area (Å²) < 4.78 is 42.4. The molecule has 1 aliphatic carbocycles. The van der Waals surface area contributed by atoms with Gasteiger partial charge in [0.2, 0.25) is 0 Å². The Morgan fingerprint density at radius 3 is 2.70 bits per heavy atom. The van der Waals surface area contributed by atoms with Crippen molar-refractivity contribution in [3.63, 3.8) is 0 Å². The molecule has 0 radical (unpaired) electrons. The number of likely N-dealkylation sites (N-methyl/N-ethyl adjacent to an activating group) is 1. The van der Waals surface area contributed by atoms with Gasteiger partial charge in [-0.25, -0.2) is 0 Å². The van der Waals surface area contributed by atoms with E-state index in [0.717, 1.165) is 5.56 Å². The molecule has 2 unspecified atom stereocenters. The maximum absolute atomic E-state index is 12.4. The number of aliphatic hydroxyl groups excluding tert-OH is 1. The van der Waals surface area contributed by atoms with Gasteiger partial charge < -0.3 is 9.84 Å². The lowest BCUT2D eigenvalue weighted by molar-refractivity contribution is -0.152. The minimum Gasteiger partial charge on any atom is -0.497 e. The minimum absolute atomic E-state index is 0.494. The molecular formula is C14H18F3NO2. The SMILES string of the molecule is COc1ccc2c(c1)CCC(N(C)CC(F)(F)F)C2O. The highest BCUT2D eigenvalue weighted by atomic mass is 19.4. The number of aryl methyl sites for hydroxylation is 1. The Hall–Kier alpha value is -1.27. The van der Waals surface area contributed by atoms with Gasteiger partial charge in [0.1, 0.15) is 5.75 Å². The number of hydrogen-bond donors (Lipinski definition) is 1. The van der Waals surface area contributed by atoms with E-state index < -0.39 is 24.9 Å². The van der Waals surface area contributed by atoms with Gasteiger partial charge >= 0.3 is 6.18 Å². The summed E-state index contributed by atoms with van der Waals surface area (Å²) in [5.74, 6) is 0.693. The highest BCUT2D eigenvalue weighted by Gasteiger charge is 2.36. The van der Waals surface area contributed by atoms with Crippen molar-refractivity contribution >= 4 is 0 Å². The Morgan fingerprint density at radius 1 is 1.40 bits per heavy atom. The van der Waals surface area contributed by atoms with Crippen LogP contribution in [-0.2, 0) is 6.42 Å². The summed E-state index contributed by atoms with van der Waals surface area (Å²) in [7, 11) is 2.96. The third-order valence-corrected chi connectivity index (χ3v) is 3.74. The molecule has 2 rings (SSSR count). The second kappa shape index (κ2) is 5.61. The Morgan fingerprint density at radius 2 is 2.10 bits per heavy atom. The van der Waals surface area contributed by atoms with Crippen LogP contribution >= 0.6 is 0 Å². The number of aliphatic hydroxyl groups is 1. The van der Waals surface area contributed by atoms with E-state index in [1.807, 2.05) is 6.07 Å². The van der Waals surface area contributed by atoms with Crippen molar-refractivity contribution in [3.05, 3.63) is 29.3 Å². The molecule has 112 valence electrons. The maximum Gasteiger partial charge on any atom is 0.401 e. The highest BCUT2D eigenvalue weighted by molar-refractivity contribution is 5.39. The number of rotatable bonds is 3. The molecule has 1 aromatic carbocycles. The number of benzene rings is 1. The Balaban J connectivity index is 2.17. The van der Waals surface area contributed by atoms with E-state index in [-0.39, 0.29) is 0 Å². The van der Waals surface area contributed by atoms with E-state index in [1.165, 1.54) is 11.9 Å². The van der Waals surface area contributed by atoms with Gasteiger partial charge in [0.05, 0.1) is 19.8 Å². The van der Waals surface area contributed by atoms with Crippen LogP contribution in [0.5, 0.6) is 5.75 Å². The van der Waals surface area contributed by atoms with Crippen LogP contribution in [-0.4, -0.2) is 42.9 Å². The number of alkyl halides is 3. The van der Waals surface area contributed by atoms with Crippen molar-refractivity contribution in [2.45, 2.75) is 31.2 Å². The predicted octanol–water partition coefficient (Wildman–Crippen LogP) is 2.54. The monoisotopic (exact) mass is 289 g/mol. The van der Waals surface area contributed by atoms with Crippen molar-refractivity contribution in [2.24, 2.45) is 0 Å². The maximum atomic E-state index is 12.4. The van der Waals surface area contributed by atoms with Crippen LogP contribution in [0.4, 0.5) is 13.2 Å². The molecule has 0 saturated heterocycles. The zero-order chi connectivity index (χ0) is 14.9. The van der Waals surface area contributed by atoms with E-state index >= 15 is 0 Å². The first kappa shape index (κ1) is 15.1. The normalized spacial score (nSPS) is 22.8. The van der Waals surface area contributed by atoms with Gasteiger partial charge in [0.25, 0.3) is 0 Å². The largest absolute Gasteiger partial charge is 0.497 e. The van der Waals surface area contributed by atoms with Crippen molar-refractivity contribution in [1.82, 2.24) is 4.90 Å². The molecule has 3 nitrogen and oxygen atoms in total. The molecule has 2 atom stereocenters. The Kier molecular flexibility index (Phi) is 4.25. The average molecular weight is 289 g/mol. The molecular weight excluding hydrogens is 271 g/mol. The summed E-state index contributed by atoms with van der Waals surface area (Å²) in [4.78, 5) is 1.18. The number of hydrogen-bond acceptors (Lipinski definition) is 3. The second-order valence-electron chi connectivity index (χ2n) is 5.15. The van der Waals surface area contributed by atoms with E-state index in [2.05, 4.69) is 0 Å². The van der Waals surface area contributed by atoms with Gasteiger partial charge in [0.15, 0.2) is 0 Å². The van der Waals surface area contributed by atoms with E-state index in [0.29, 0.717) is 24.2 Å². The van der Waals surface area contributed by atoms with Crippen LogP contribution in [0.15, 0.2) is 18.2 Å². The van der Waals surface area contributed by atoms with E-state index in [9.17, 15) is 18.3 Å². The number of nitrogens with zero attached hydrogens (tertiary/aromatic N) is 1. The molecule has 1 N–H and O–H groups in total. The summed E-state index contributed by atoms with van der Waals surface area (Å²) in [6, 6.07) is 4.76. The fraction of sp³-hybridized carbons (Fsp3) is 0.571. The van der Waals surface area contributed by atoms with Gasteiger partial charge in [-0.1, -0.05) is 6.07 Å². The van der Waals surface area contributed by atoms with Crippen molar-refractivity contribution in [1.29, 1.82) is 0 Å². The lowest BCUT2D eigenvalue weighted by Crippen LogP contribution is -2.44. The zero-order valence-corrected chi connectivity index (χ0v) is 11.4. The Labute approximate surface area is 116 Å². The number of fused-ring (bicyclic) bond motifs is 1. The molecule has 0 heterocycles. The minimum atomic E-state index is -4.26. The number of halogens is 3. The molecule has 0 amide bonds. The number of methoxy groups -OCH3 is 1. The standard InChI is InChI=1S/C14H18F3NO2/c1-18(8-14(15,16)17)12-6-3-9-7-10(20-2)4-5-11(9)13(12)19/h4-5,7,12-13,19H,3,6,8H2,1-2H3. The third-order valence-electron chi connectivity index (χ3n) is 3.74. The molecule has 0 aromatic heterocycles. The van der Waals surface area contributed by atoms with Crippen LogP contribution in [0.1, 0.15) is 23.7 Å². The molecule has 0 fully saturated rings. The molecule has 0 spiro atoms. The van der Waals surface area contributed by atoms with Crippen LogP contribution < -0.4 is 4.74 Å². The molecule has 20 heavy (non-hydrogen) atoms. The summed E-state index contributed by atoms with van der Waals surface area (Å²) in [5.41, 5.74) is 1.63. The molecule has 0 aliphatic heterocycles. The fourth-order valence-corrected chi connectivity index (χ4v) is 2.74. The quantitative estimate of drug-likeness (QED) is 0.928. The van der Waals surface area contributed by atoms with Crippen LogP contribution in [0.3, 0.4) is 0 Å². The van der Waals surface area contributed by atoms with Crippen molar-refractivity contribution in [3.8, 4) is 5.75 Å². The van der Waals surface area contributed by atoms with Crippen LogP contribution in [0.2, 0.25) is 0 Å². The third kappa shape index (κ3) is 3.24. The molecule has 1 aromatic rings. The first-order valence-electron chi connectivity index (χ1n) is 6.43. The lowest BCUT2D eigenvalue weighted by Gasteiger charge is -2.36. The number of ether oxygens (including phenoxy) is 1. The van der Waals surface area contributed by atoms with E-state index in [1.54, 1.807) is 19.2 Å². The van der Waals surface area contributed by atoms with Crippen molar-refractivity contribution < 1.29 is 23.0 Å². The Bertz CT molecular complexity index is 476. The average Bonchev–Trinajstić information content (AvgIpc) is 2.36. The summed E-state index contributed by atoms with van der Waals surface area (Å²) >= 11 is 0. The van der Waals surface area contributed by atoms with Crippen molar-refractivity contribution in [2.75, 3.05) is 20.7 Å². The predicted molar refractivity (Wildman–Crippen MR) is 68.7 cm³/mol.